The Morgan fingerprint density at radius 2 is 1.87 bits per heavy atom. The number of benzene rings is 1. The highest BCUT2D eigenvalue weighted by Crippen LogP contribution is 2.21. The topological polar surface area (TPSA) is 9.23 Å². The Bertz CT molecular complexity index is 410. The van der Waals surface area contributed by atoms with Gasteiger partial charge >= 0.3 is 0 Å². The molecule has 0 unspecified atom stereocenters. The SMILES string of the molecule is COC1=CC=C(c2ccccc2)CC=C1. The quantitative estimate of drug-likeness (QED) is 0.706. The third-order valence-electron chi connectivity index (χ3n) is 2.45. The smallest absolute Gasteiger partial charge is 0.118 e. The summed E-state index contributed by atoms with van der Waals surface area (Å²) in [6, 6.07) is 10.4. The minimum atomic E-state index is 0.904. The molecule has 2 rings (SSSR count). The van der Waals surface area contributed by atoms with E-state index in [2.05, 4.69) is 36.4 Å². The van der Waals surface area contributed by atoms with Crippen molar-refractivity contribution in [2.45, 2.75) is 6.42 Å². The molecule has 0 radical (unpaired) electrons. The molecule has 15 heavy (non-hydrogen) atoms. The van der Waals surface area contributed by atoms with Crippen molar-refractivity contribution in [2.24, 2.45) is 0 Å². The van der Waals surface area contributed by atoms with E-state index in [0.717, 1.165) is 12.2 Å². The summed E-state index contributed by atoms with van der Waals surface area (Å²) in [5, 5.41) is 0. The average molecular weight is 198 g/mol. The van der Waals surface area contributed by atoms with Gasteiger partial charge in [0, 0.05) is 0 Å². The van der Waals surface area contributed by atoms with Gasteiger partial charge in [0.25, 0.3) is 0 Å². The summed E-state index contributed by atoms with van der Waals surface area (Å²) in [7, 11) is 1.69. The Labute approximate surface area is 90.4 Å². The highest BCUT2D eigenvalue weighted by atomic mass is 16.5. The molecule has 0 saturated carbocycles. The van der Waals surface area contributed by atoms with Crippen molar-refractivity contribution in [3.05, 3.63) is 66.0 Å². The van der Waals surface area contributed by atoms with Gasteiger partial charge in [-0.25, -0.2) is 0 Å². The number of hydrogen-bond acceptors (Lipinski definition) is 1. The summed E-state index contributed by atoms with van der Waals surface area (Å²) in [4.78, 5) is 0. The molecule has 1 aromatic rings. The first kappa shape index (κ1) is 9.78. The van der Waals surface area contributed by atoms with Crippen LogP contribution < -0.4 is 0 Å². The van der Waals surface area contributed by atoms with Crippen LogP contribution in [0.15, 0.2) is 60.4 Å². The van der Waals surface area contributed by atoms with Gasteiger partial charge in [-0.1, -0.05) is 42.5 Å². The molecule has 1 heteroatoms. The molecule has 0 atom stereocenters. The van der Waals surface area contributed by atoms with E-state index < -0.39 is 0 Å². The van der Waals surface area contributed by atoms with Crippen LogP contribution in [0.2, 0.25) is 0 Å². The van der Waals surface area contributed by atoms with Crippen LogP contribution in [0.25, 0.3) is 5.57 Å². The van der Waals surface area contributed by atoms with E-state index in [1.807, 2.05) is 18.2 Å². The van der Waals surface area contributed by atoms with E-state index in [1.54, 1.807) is 7.11 Å². The second-order valence-electron chi connectivity index (χ2n) is 3.44. The maximum Gasteiger partial charge on any atom is 0.118 e. The monoisotopic (exact) mass is 198 g/mol. The van der Waals surface area contributed by atoms with Gasteiger partial charge < -0.3 is 4.74 Å². The first-order valence-corrected chi connectivity index (χ1v) is 5.07. The number of methoxy groups -OCH3 is 1. The van der Waals surface area contributed by atoms with Gasteiger partial charge in [-0.2, -0.15) is 0 Å². The maximum absolute atomic E-state index is 5.19. The Morgan fingerprint density at radius 3 is 2.60 bits per heavy atom. The van der Waals surface area contributed by atoms with Crippen molar-refractivity contribution in [2.75, 3.05) is 7.11 Å². The van der Waals surface area contributed by atoms with Gasteiger partial charge in [0.15, 0.2) is 0 Å². The average Bonchev–Trinajstić information content (AvgIpc) is 2.55. The van der Waals surface area contributed by atoms with Crippen LogP contribution in [0.3, 0.4) is 0 Å². The van der Waals surface area contributed by atoms with Crippen molar-refractivity contribution in [1.82, 2.24) is 0 Å². The number of ether oxygens (including phenoxy) is 1. The van der Waals surface area contributed by atoms with Crippen molar-refractivity contribution >= 4 is 5.57 Å². The predicted molar refractivity (Wildman–Crippen MR) is 63.3 cm³/mol. The molecule has 1 nitrogen and oxygen atoms in total. The zero-order valence-electron chi connectivity index (χ0n) is 8.81. The summed E-state index contributed by atoms with van der Waals surface area (Å²) < 4.78 is 5.19. The van der Waals surface area contributed by atoms with E-state index in [9.17, 15) is 0 Å². The molecule has 0 aliphatic heterocycles. The van der Waals surface area contributed by atoms with Crippen LogP contribution >= 0.6 is 0 Å². The fourth-order valence-electron chi connectivity index (χ4n) is 1.61. The van der Waals surface area contributed by atoms with Crippen LogP contribution in [-0.4, -0.2) is 7.11 Å². The Balaban J connectivity index is 2.29. The molecule has 1 aliphatic rings. The fraction of sp³-hybridized carbons (Fsp3) is 0.143. The molecule has 0 fully saturated rings. The molecule has 1 aliphatic carbocycles. The second kappa shape index (κ2) is 4.65. The van der Waals surface area contributed by atoms with Gasteiger partial charge in [-0.15, -0.1) is 0 Å². The molecule has 0 aromatic heterocycles. The molecule has 0 amide bonds. The lowest BCUT2D eigenvalue weighted by atomic mass is 10.0. The highest BCUT2D eigenvalue weighted by molar-refractivity contribution is 5.69. The summed E-state index contributed by atoms with van der Waals surface area (Å²) in [5.41, 5.74) is 2.59. The van der Waals surface area contributed by atoms with Gasteiger partial charge in [-0.3, -0.25) is 0 Å². The van der Waals surface area contributed by atoms with Gasteiger partial charge in [-0.05, 0) is 29.7 Å². The Morgan fingerprint density at radius 1 is 1.07 bits per heavy atom. The zero-order valence-corrected chi connectivity index (χ0v) is 8.81. The molecule has 0 spiro atoms. The van der Waals surface area contributed by atoms with E-state index >= 15 is 0 Å². The summed E-state index contributed by atoms with van der Waals surface area (Å²) in [6.07, 6.45) is 9.21. The molecule has 0 bridgehead atoms. The molecule has 1 aromatic carbocycles. The van der Waals surface area contributed by atoms with E-state index in [-0.39, 0.29) is 0 Å². The minimum Gasteiger partial charge on any atom is -0.497 e. The van der Waals surface area contributed by atoms with Crippen molar-refractivity contribution in [3.8, 4) is 0 Å². The van der Waals surface area contributed by atoms with Gasteiger partial charge in [0.1, 0.15) is 5.76 Å². The van der Waals surface area contributed by atoms with Crippen LogP contribution in [-0.2, 0) is 4.74 Å². The van der Waals surface area contributed by atoms with Crippen LogP contribution in [0.5, 0.6) is 0 Å². The zero-order chi connectivity index (χ0) is 10.5. The maximum atomic E-state index is 5.19. The third-order valence-corrected chi connectivity index (χ3v) is 2.45. The minimum absolute atomic E-state index is 0.904. The number of hydrogen-bond donors (Lipinski definition) is 0. The molecule has 0 heterocycles. The van der Waals surface area contributed by atoms with Crippen molar-refractivity contribution < 1.29 is 4.74 Å². The van der Waals surface area contributed by atoms with Crippen molar-refractivity contribution in [3.63, 3.8) is 0 Å². The fourth-order valence-corrected chi connectivity index (χ4v) is 1.61. The lowest BCUT2D eigenvalue weighted by molar-refractivity contribution is 0.307. The number of allylic oxidation sites excluding steroid dienone is 5. The van der Waals surface area contributed by atoms with Gasteiger partial charge in [0.05, 0.1) is 7.11 Å². The first-order valence-electron chi connectivity index (χ1n) is 5.07. The summed E-state index contributed by atoms with van der Waals surface area (Å²) in [6.45, 7) is 0. The predicted octanol–water partition coefficient (Wildman–Crippen LogP) is 3.56. The summed E-state index contributed by atoms with van der Waals surface area (Å²) >= 11 is 0. The normalized spacial score (nSPS) is 15.3. The van der Waals surface area contributed by atoms with Crippen LogP contribution in [0.4, 0.5) is 0 Å². The number of rotatable bonds is 2. The van der Waals surface area contributed by atoms with Crippen LogP contribution in [0, 0.1) is 0 Å². The highest BCUT2D eigenvalue weighted by Gasteiger charge is 2.01. The molecule has 0 N–H and O–H groups in total. The second-order valence-corrected chi connectivity index (χ2v) is 3.44. The lowest BCUT2D eigenvalue weighted by Crippen LogP contribution is -1.80. The van der Waals surface area contributed by atoms with Crippen LogP contribution in [0.1, 0.15) is 12.0 Å². The molecular formula is C14H14O. The molecule has 0 saturated heterocycles. The molecular weight excluding hydrogens is 184 g/mol. The Kier molecular flexibility index (Phi) is 3.03. The van der Waals surface area contributed by atoms with E-state index in [4.69, 9.17) is 4.74 Å². The van der Waals surface area contributed by atoms with E-state index in [1.165, 1.54) is 11.1 Å². The molecule has 76 valence electrons. The largest absolute Gasteiger partial charge is 0.497 e. The Hall–Kier alpha value is -1.76. The van der Waals surface area contributed by atoms with E-state index in [0.29, 0.717) is 0 Å². The standard InChI is InChI=1S/C14H14O/c1-15-14-9-5-8-13(10-11-14)12-6-3-2-4-7-12/h2-7,9-11H,8H2,1H3. The summed E-state index contributed by atoms with van der Waals surface area (Å²) in [5.74, 6) is 0.904. The van der Waals surface area contributed by atoms with Gasteiger partial charge in [0.2, 0.25) is 0 Å². The third kappa shape index (κ3) is 2.38. The first-order chi connectivity index (χ1) is 7.40. The van der Waals surface area contributed by atoms with Crippen molar-refractivity contribution in [1.29, 1.82) is 0 Å². The lowest BCUT2D eigenvalue weighted by Gasteiger charge is -2.02.